The van der Waals surface area contributed by atoms with Crippen LogP contribution in [-0.4, -0.2) is 43.6 Å². The molecule has 1 aromatic carbocycles. The van der Waals surface area contributed by atoms with Gasteiger partial charge >= 0.3 is 0 Å². The number of rotatable bonds is 4. The van der Waals surface area contributed by atoms with E-state index in [1.165, 1.54) is 0 Å². The third-order valence-corrected chi connectivity index (χ3v) is 3.06. The first-order valence-electron chi connectivity index (χ1n) is 6.50. The maximum atomic E-state index is 12.0. The van der Waals surface area contributed by atoms with Gasteiger partial charge in [-0.3, -0.25) is 4.79 Å². The van der Waals surface area contributed by atoms with Crippen LogP contribution in [0.2, 0.25) is 0 Å². The Morgan fingerprint density at radius 2 is 1.94 bits per heavy atom. The summed E-state index contributed by atoms with van der Waals surface area (Å²) in [5.41, 5.74) is 1.04. The van der Waals surface area contributed by atoms with Gasteiger partial charge in [-0.1, -0.05) is 12.1 Å². The molecule has 1 aromatic rings. The van der Waals surface area contributed by atoms with E-state index >= 15 is 0 Å². The molecule has 0 unspecified atom stereocenters. The lowest BCUT2D eigenvalue weighted by atomic mass is 10.1. The third-order valence-electron chi connectivity index (χ3n) is 3.06. The monoisotopic (exact) mass is 248 g/mol. The van der Waals surface area contributed by atoms with Gasteiger partial charge in [-0.2, -0.15) is 0 Å². The number of carbonyl (C=O) groups excluding carboxylic acids is 1. The summed E-state index contributed by atoms with van der Waals surface area (Å²) in [6, 6.07) is 7.77. The summed E-state index contributed by atoms with van der Waals surface area (Å²) < 4.78 is 5.38. The number of benzene rings is 1. The van der Waals surface area contributed by atoms with Crippen LogP contribution in [0.4, 0.5) is 0 Å². The van der Waals surface area contributed by atoms with E-state index in [1.54, 1.807) is 0 Å². The molecular weight excluding hydrogens is 228 g/mol. The molecule has 4 nitrogen and oxygen atoms in total. The molecule has 1 fully saturated rings. The van der Waals surface area contributed by atoms with Gasteiger partial charge in [0.05, 0.1) is 13.0 Å². The summed E-state index contributed by atoms with van der Waals surface area (Å²) in [4.78, 5) is 14.0. The highest BCUT2D eigenvalue weighted by Crippen LogP contribution is 2.13. The van der Waals surface area contributed by atoms with E-state index < -0.39 is 0 Å². The minimum absolute atomic E-state index is 0.209. The Labute approximate surface area is 108 Å². The molecule has 2 rings (SSSR count). The van der Waals surface area contributed by atoms with E-state index in [-0.39, 0.29) is 5.91 Å². The lowest BCUT2D eigenvalue weighted by Crippen LogP contribution is -2.46. The molecule has 1 saturated heterocycles. The number of piperazine rings is 1. The first-order chi connectivity index (χ1) is 8.79. The van der Waals surface area contributed by atoms with Gasteiger partial charge in [-0.25, -0.2) is 0 Å². The van der Waals surface area contributed by atoms with Crippen molar-refractivity contribution in [2.75, 3.05) is 32.8 Å². The van der Waals surface area contributed by atoms with Crippen molar-refractivity contribution in [2.45, 2.75) is 13.3 Å². The molecule has 98 valence electrons. The second-order valence-corrected chi connectivity index (χ2v) is 4.38. The van der Waals surface area contributed by atoms with E-state index in [1.807, 2.05) is 36.1 Å². The molecule has 1 heterocycles. The van der Waals surface area contributed by atoms with Gasteiger partial charge < -0.3 is 15.0 Å². The Morgan fingerprint density at radius 1 is 1.28 bits per heavy atom. The molecule has 0 bridgehead atoms. The lowest BCUT2D eigenvalue weighted by molar-refractivity contribution is -0.131. The Bertz CT molecular complexity index is 383. The van der Waals surface area contributed by atoms with Gasteiger partial charge in [0, 0.05) is 26.2 Å². The quantitative estimate of drug-likeness (QED) is 0.866. The molecule has 0 aromatic heterocycles. The zero-order valence-corrected chi connectivity index (χ0v) is 10.8. The summed E-state index contributed by atoms with van der Waals surface area (Å²) in [6.45, 7) is 6.05. The summed E-state index contributed by atoms with van der Waals surface area (Å²) in [5, 5.41) is 3.24. The van der Waals surface area contributed by atoms with E-state index in [0.717, 1.165) is 37.5 Å². The summed E-state index contributed by atoms with van der Waals surface area (Å²) in [7, 11) is 0. The summed E-state index contributed by atoms with van der Waals surface area (Å²) >= 11 is 0. The number of nitrogens with zero attached hydrogens (tertiary/aromatic N) is 1. The van der Waals surface area contributed by atoms with Gasteiger partial charge in [-0.15, -0.1) is 0 Å². The van der Waals surface area contributed by atoms with E-state index in [0.29, 0.717) is 13.0 Å². The van der Waals surface area contributed by atoms with Crippen LogP contribution in [-0.2, 0) is 11.2 Å². The molecule has 0 spiro atoms. The predicted molar refractivity (Wildman–Crippen MR) is 70.8 cm³/mol. The number of carbonyl (C=O) groups is 1. The first kappa shape index (κ1) is 12.9. The van der Waals surface area contributed by atoms with Gasteiger partial charge in [0.1, 0.15) is 5.75 Å². The molecule has 0 aliphatic carbocycles. The molecule has 0 saturated carbocycles. The molecular formula is C14H20N2O2. The molecule has 18 heavy (non-hydrogen) atoms. The third kappa shape index (κ3) is 3.47. The standard InChI is InChI=1S/C14H20N2O2/c1-2-18-13-5-3-12(4-6-13)11-14(17)16-9-7-15-8-10-16/h3-6,15H,2,7-11H2,1H3. The maximum Gasteiger partial charge on any atom is 0.227 e. The van der Waals surface area contributed by atoms with Crippen molar-refractivity contribution >= 4 is 5.91 Å². The fourth-order valence-electron chi connectivity index (χ4n) is 2.07. The van der Waals surface area contributed by atoms with E-state index in [4.69, 9.17) is 4.74 Å². The Morgan fingerprint density at radius 3 is 2.56 bits per heavy atom. The minimum atomic E-state index is 0.209. The van der Waals surface area contributed by atoms with Crippen molar-refractivity contribution in [2.24, 2.45) is 0 Å². The SMILES string of the molecule is CCOc1ccc(CC(=O)N2CCNCC2)cc1. The van der Waals surface area contributed by atoms with Crippen LogP contribution in [0.3, 0.4) is 0 Å². The highest BCUT2D eigenvalue weighted by molar-refractivity contribution is 5.78. The van der Waals surface area contributed by atoms with Crippen molar-refractivity contribution in [3.63, 3.8) is 0 Å². The van der Waals surface area contributed by atoms with Gasteiger partial charge in [0.15, 0.2) is 0 Å². The second-order valence-electron chi connectivity index (χ2n) is 4.38. The summed E-state index contributed by atoms with van der Waals surface area (Å²) in [6.07, 6.45) is 0.479. The van der Waals surface area contributed by atoms with Crippen molar-refractivity contribution in [3.05, 3.63) is 29.8 Å². The number of amides is 1. The average molecular weight is 248 g/mol. The molecule has 1 amide bonds. The maximum absolute atomic E-state index is 12.0. The fourth-order valence-corrected chi connectivity index (χ4v) is 2.07. The zero-order valence-electron chi connectivity index (χ0n) is 10.8. The Balaban J connectivity index is 1.89. The van der Waals surface area contributed by atoms with Crippen molar-refractivity contribution in [1.82, 2.24) is 10.2 Å². The van der Waals surface area contributed by atoms with Crippen LogP contribution in [0.15, 0.2) is 24.3 Å². The fraction of sp³-hybridized carbons (Fsp3) is 0.500. The van der Waals surface area contributed by atoms with Crippen LogP contribution in [0, 0.1) is 0 Å². The second kappa shape index (κ2) is 6.40. The normalized spacial score (nSPS) is 15.5. The van der Waals surface area contributed by atoms with Gasteiger partial charge in [-0.05, 0) is 24.6 Å². The molecule has 4 heteroatoms. The van der Waals surface area contributed by atoms with Crippen LogP contribution in [0.1, 0.15) is 12.5 Å². The van der Waals surface area contributed by atoms with Crippen molar-refractivity contribution < 1.29 is 9.53 Å². The molecule has 0 radical (unpaired) electrons. The highest BCUT2D eigenvalue weighted by atomic mass is 16.5. The molecule has 1 aliphatic rings. The predicted octanol–water partition coefficient (Wildman–Crippen LogP) is 1.06. The van der Waals surface area contributed by atoms with Crippen LogP contribution in [0.5, 0.6) is 5.75 Å². The van der Waals surface area contributed by atoms with E-state index in [9.17, 15) is 4.79 Å². The van der Waals surface area contributed by atoms with Crippen molar-refractivity contribution in [3.8, 4) is 5.75 Å². The molecule has 1 N–H and O–H groups in total. The number of hydrogen-bond donors (Lipinski definition) is 1. The van der Waals surface area contributed by atoms with E-state index in [2.05, 4.69) is 5.32 Å². The highest BCUT2D eigenvalue weighted by Gasteiger charge is 2.16. The average Bonchev–Trinajstić information content (AvgIpc) is 2.42. The van der Waals surface area contributed by atoms with Crippen molar-refractivity contribution in [1.29, 1.82) is 0 Å². The largest absolute Gasteiger partial charge is 0.494 e. The smallest absolute Gasteiger partial charge is 0.227 e. The topological polar surface area (TPSA) is 41.6 Å². The zero-order chi connectivity index (χ0) is 12.8. The summed E-state index contributed by atoms with van der Waals surface area (Å²) in [5.74, 6) is 1.07. The number of ether oxygens (including phenoxy) is 1. The number of nitrogens with one attached hydrogen (secondary N) is 1. The van der Waals surface area contributed by atoms with Gasteiger partial charge in [0.2, 0.25) is 5.91 Å². The van der Waals surface area contributed by atoms with Crippen LogP contribution < -0.4 is 10.1 Å². The van der Waals surface area contributed by atoms with Crippen LogP contribution in [0.25, 0.3) is 0 Å². The lowest BCUT2D eigenvalue weighted by Gasteiger charge is -2.27. The Hall–Kier alpha value is -1.55. The number of hydrogen-bond acceptors (Lipinski definition) is 3. The Kier molecular flexibility index (Phi) is 4.59. The molecule has 0 atom stereocenters. The molecule has 1 aliphatic heterocycles. The van der Waals surface area contributed by atoms with Gasteiger partial charge in [0.25, 0.3) is 0 Å². The first-order valence-corrected chi connectivity index (χ1v) is 6.50. The van der Waals surface area contributed by atoms with Crippen LogP contribution >= 0.6 is 0 Å². The minimum Gasteiger partial charge on any atom is -0.494 e.